The van der Waals surface area contributed by atoms with E-state index in [1.807, 2.05) is 0 Å². The lowest BCUT2D eigenvalue weighted by molar-refractivity contribution is 0.0583. The first-order valence-electron chi connectivity index (χ1n) is 6.55. The highest BCUT2D eigenvalue weighted by Gasteiger charge is 2.37. The summed E-state index contributed by atoms with van der Waals surface area (Å²) < 4.78 is 6.15. The van der Waals surface area contributed by atoms with Crippen molar-refractivity contribution in [3.05, 3.63) is 18.2 Å². The van der Waals surface area contributed by atoms with Crippen molar-refractivity contribution in [2.75, 3.05) is 18.0 Å². The maximum Gasteiger partial charge on any atom is 0.143 e. The molecule has 1 aromatic rings. The predicted molar refractivity (Wildman–Crippen MR) is 81.0 cm³/mol. The summed E-state index contributed by atoms with van der Waals surface area (Å²) >= 11 is 5.02. The highest BCUT2D eigenvalue weighted by Crippen LogP contribution is 2.41. The van der Waals surface area contributed by atoms with E-state index in [-0.39, 0.29) is 11.4 Å². The maximum absolute atomic E-state index is 9.64. The summed E-state index contributed by atoms with van der Waals surface area (Å²) in [6, 6.07) is 5.14. The Morgan fingerprint density at radius 1 is 1.47 bits per heavy atom. The van der Waals surface area contributed by atoms with Crippen LogP contribution in [-0.4, -0.2) is 28.8 Å². The Kier molecular flexibility index (Phi) is 3.85. The lowest BCUT2D eigenvalue weighted by Gasteiger charge is -2.44. The van der Waals surface area contributed by atoms with Gasteiger partial charge in [-0.05, 0) is 25.0 Å². The number of hydrogen-bond acceptors (Lipinski definition) is 4. The minimum absolute atomic E-state index is 0.214. The Balaban J connectivity index is 2.42. The minimum Gasteiger partial charge on any atom is -0.508 e. The van der Waals surface area contributed by atoms with Gasteiger partial charge in [0.1, 0.15) is 17.1 Å². The van der Waals surface area contributed by atoms with Crippen LogP contribution in [0.3, 0.4) is 0 Å². The zero-order valence-corrected chi connectivity index (χ0v) is 12.2. The summed E-state index contributed by atoms with van der Waals surface area (Å²) in [5, 5.41) is 9.64. The van der Waals surface area contributed by atoms with E-state index in [1.54, 1.807) is 18.2 Å². The molecule has 0 saturated heterocycles. The molecule has 0 saturated carbocycles. The fourth-order valence-electron chi connectivity index (χ4n) is 2.48. The number of phenolic OH excluding ortho intramolecular Hbond substituents is 1. The fraction of sp³-hybridized carbons (Fsp3) is 0.500. The van der Waals surface area contributed by atoms with Gasteiger partial charge in [-0.25, -0.2) is 0 Å². The molecule has 1 aliphatic rings. The van der Waals surface area contributed by atoms with Crippen LogP contribution in [0.25, 0.3) is 0 Å². The first-order chi connectivity index (χ1) is 8.99. The lowest BCUT2D eigenvalue weighted by atomic mass is 9.94. The van der Waals surface area contributed by atoms with Gasteiger partial charge in [0.2, 0.25) is 0 Å². The van der Waals surface area contributed by atoms with Gasteiger partial charge in [0.25, 0.3) is 0 Å². The third-order valence-electron chi connectivity index (χ3n) is 3.72. The molecule has 0 aromatic heterocycles. The topological polar surface area (TPSA) is 58.7 Å². The molecule has 104 valence electrons. The monoisotopic (exact) mass is 280 g/mol. The van der Waals surface area contributed by atoms with Crippen molar-refractivity contribution in [1.29, 1.82) is 0 Å². The van der Waals surface area contributed by atoms with Crippen LogP contribution < -0.4 is 15.4 Å². The standard InChI is InChI=1S/C14H20N2O2S/c1-3-14(4-2)9-16(8-13(15)19)11-7-10(17)5-6-12(11)18-14/h5-7,17H,3-4,8-9H2,1-2H3,(H2,15,19). The molecule has 0 unspecified atom stereocenters. The summed E-state index contributed by atoms with van der Waals surface area (Å²) in [4.78, 5) is 2.53. The predicted octanol–water partition coefficient (Wildman–Crippen LogP) is 2.44. The van der Waals surface area contributed by atoms with Crippen LogP contribution in [0.1, 0.15) is 26.7 Å². The molecule has 0 fully saturated rings. The average molecular weight is 280 g/mol. The second kappa shape index (κ2) is 5.25. The summed E-state index contributed by atoms with van der Waals surface area (Å²) in [5.74, 6) is 1.000. The van der Waals surface area contributed by atoms with Gasteiger partial charge in [-0.15, -0.1) is 0 Å². The number of nitrogens with two attached hydrogens (primary N) is 1. The summed E-state index contributed by atoms with van der Waals surface area (Å²) in [5.41, 5.74) is 6.32. The van der Waals surface area contributed by atoms with E-state index in [0.717, 1.165) is 30.8 Å². The van der Waals surface area contributed by atoms with Gasteiger partial charge in [0.05, 0.1) is 23.8 Å². The lowest BCUT2D eigenvalue weighted by Crippen LogP contribution is -2.52. The van der Waals surface area contributed by atoms with Crippen LogP contribution in [0.5, 0.6) is 11.5 Å². The molecule has 2 rings (SSSR count). The minimum atomic E-state index is -0.214. The summed E-state index contributed by atoms with van der Waals surface area (Å²) in [6.07, 6.45) is 1.83. The smallest absolute Gasteiger partial charge is 0.143 e. The van der Waals surface area contributed by atoms with E-state index in [2.05, 4.69) is 18.7 Å². The van der Waals surface area contributed by atoms with Gasteiger partial charge in [-0.1, -0.05) is 26.1 Å². The molecule has 1 heterocycles. The average Bonchev–Trinajstić information content (AvgIpc) is 2.38. The largest absolute Gasteiger partial charge is 0.508 e. The number of thiocarbonyl (C=S) groups is 1. The Hall–Kier alpha value is -1.49. The highest BCUT2D eigenvalue weighted by molar-refractivity contribution is 7.80. The van der Waals surface area contributed by atoms with Crippen LogP contribution in [0.2, 0.25) is 0 Å². The molecule has 1 aromatic carbocycles. The molecule has 0 spiro atoms. The van der Waals surface area contributed by atoms with Crippen molar-refractivity contribution in [2.45, 2.75) is 32.3 Å². The molecule has 3 N–H and O–H groups in total. The number of fused-ring (bicyclic) bond motifs is 1. The second-order valence-corrected chi connectivity index (χ2v) is 5.49. The second-order valence-electron chi connectivity index (χ2n) is 4.97. The summed E-state index contributed by atoms with van der Waals surface area (Å²) in [7, 11) is 0. The van der Waals surface area contributed by atoms with Crippen molar-refractivity contribution in [3.63, 3.8) is 0 Å². The molecule has 4 nitrogen and oxygen atoms in total. The normalized spacial score (nSPS) is 16.6. The first-order valence-corrected chi connectivity index (χ1v) is 6.96. The molecule has 0 bridgehead atoms. The van der Waals surface area contributed by atoms with Crippen molar-refractivity contribution >= 4 is 22.9 Å². The number of phenols is 1. The summed E-state index contributed by atoms with van der Waals surface area (Å²) in [6.45, 7) is 5.46. The Morgan fingerprint density at radius 3 is 2.74 bits per heavy atom. The molecule has 19 heavy (non-hydrogen) atoms. The number of nitrogens with zero attached hydrogens (tertiary/aromatic N) is 1. The first kappa shape index (κ1) is 13.9. The van der Waals surface area contributed by atoms with Gasteiger partial charge in [0.15, 0.2) is 0 Å². The Labute approximate surface area is 119 Å². The Morgan fingerprint density at radius 2 is 2.16 bits per heavy atom. The van der Waals surface area contributed by atoms with Gasteiger partial charge >= 0.3 is 0 Å². The van der Waals surface area contributed by atoms with E-state index in [9.17, 15) is 5.11 Å². The third-order valence-corrected chi connectivity index (χ3v) is 3.85. The van der Waals surface area contributed by atoms with Gasteiger partial charge in [-0.2, -0.15) is 0 Å². The number of rotatable bonds is 4. The number of aromatic hydroxyl groups is 1. The van der Waals surface area contributed by atoms with E-state index >= 15 is 0 Å². The zero-order chi connectivity index (χ0) is 14.0. The van der Waals surface area contributed by atoms with Gasteiger partial charge in [0, 0.05) is 6.07 Å². The van der Waals surface area contributed by atoms with Crippen molar-refractivity contribution in [3.8, 4) is 11.5 Å². The third kappa shape index (κ3) is 2.76. The molecule has 0 atom stereocenters. The van der Waals surface area contributed by atoms with E-state index in [4.69, 9.17) is 22.7 Å². The van der Waals surface area contributed by atoms with E-state index in [1.165, 1.54) is 0 Å². The van der Waals surface area contributed by atoms with Crippen LogP contribution in [0.4, 0.5) is 5.69 Å². The molecular formula is C14H20N2O2S. The molecule has 5 heteroatoms. The SMILES string of the molecule is CCC1(CC)CN(CC(N)=S)c2cc(O)ccc2O1. The van der Waals surface area contributed by atoms with Crippen molar-refractivity contribution in [1.82, 2.24) is 0 Å². The number of anilines is 1. The van der Waals surface area contributed by atoms with Gasteiger partial charge < -0.3 is 20.5 Å². The molecule has 0 amide bonds. The quantitative estimate of drug-likeness (QED) is 0.830. The molecule has 1 aliphatic heterocycles. The van der Waals surface area contributed by atoms with E-state index < -0.39 is 0 Å². The molecule has 0 aliphatic carbocycles. The van der Waals surface area contributed by atoms with Crippen LogP contribution in [-0.2, 0) is 0 Å². The Bertz CT molecular complexity index is 486. The highest BCUT2D eigenvalue weighted by atomic mass is 32.1. The van der Waals surface area contributed by atoms with Crippen LogP contribution in [0.15, 0.2) is 18.2 Å². The van der Waals surface area contributed by atoms with Crippen molar-refractivity contribution in [2.24, 2.45) is 5.73 Å². The van der Waals surface area contributed by atoms with Crippen LogP contribution >= 0.6 is 12.2 Å². The number of benzene rings is 1. The fourth-order valence-corrected chi connectivity index (χ4v) is 2.64. The van der Waals surface area contributed by atoms with Crippen molar-refractivity contribution < 1.29 is 9.84 Å². The van der Waals surface area contributed by atoms with Crippen LogP contribution in [0, 0.1) is 0 Å². The molecule has 0 radical (unpaired) electrons. The van der Waals surface area contributed by atoms with E-state index in [0.29, 0.717) is 11.5 Å². The number of ether oxygens (including phenoxy) is 1. The molecular weight excluding hydrogens is 260 g/mol. The van der Waals surface area contributed by atoms with Gasteiger partial charge in [-0.3, -0.25) is 0 Å². The zero-order valence-electron chi connectivity index (χ0n) is 11.3. The number of hydrogen-bond donors (Lipinski definition) is 2. The maximum atomic E-state index is 9.64.